The largest absolute Gasteiger partial charge is 0.342 e. The number of likely N-dealkylation sites (tertiary alicyclic amines) is 1. The summed E-state index contributed by atoms with van der Waals surface area (Å²) < 4.78 is 13.0. The third kappa shape index (κ3) is 2.91. The average Bonchev–Trinajstić information content (AvgIpc) is 2.97. The second-order valence-electron chi connectivity index (χ2n) is 5.81. The zero-order valence-electron chi connectivity index (χ0n) is 12.3. The number of aliphatic imine (C=N–C) groups is 1. The van der Waals surface area contributed by atoms with Crippen molar-refractivity contribution in [1.29, 1.82) is 0 Å². The summed E-state index contributed by atoms with van der Waals surface area (Å²) in [6.07, 6.45) is 2.27. The molecular weight excluding hydrogens is 269 g/mol. The van der Waals surface area contributed by atoms with Gasteiger partial charge in [0, 0.05) is 25.2 Å². The highest BCUT2D eigenvalue weighted by Crippen LogP contribution is 2.20. The van der Waals surface area contributed by atoms with Gasteiger partial charge in [0.25, 0.3) is 5.91 Å². The maximum atomic E-state index is 13.0. The summed E-state index contributed by atoms with van der Waals surface area (Å²) >= 11 is 0. The molecule has 1 aromatic rings. The second-order valence-corrected chi connectivity index (χ2v) is 5.81. The maximum absolute atomic E-state index is 13.0. The fraction of sp³-hybridized carbons (Fsp3) is 0.500. The quantitative estimate of drug-likeness (QED) is 0.795. The Hall–Kier alpha value is -1.91. The van der Waals surface area contributed by atoms with E-state index in [0.29, 0.717) is 18.7 Å². The van der Waals surface area contributed by atoms with Crippen LogP contribution in [-0.2, 0) is 0 Å². The Morgan fingerprint density at radius 3 is 2.52 bits per heavy atom. The van der Waals surface area contributed by atoms with E-state index in [-0.39, 0.29) is 11.7 Å². The molecule has 1 saturated heterocycles. The van der Waals surface area contributed by atoms with E-state index in [1.54, 1.807) is 4.90 Å². The normalized spacial score (nSPS) is 19.8. The molecule has 2 aliphatic rings. The van der Waals surface area contributed by atoms with Gasteiger partial charge < -0.3 is 4.90 Å². The highest BCUT2D eigenvalue weighted by molar-refractivity contribution is 6.06. The zero-order chi connectivity index (χ0) is 14.8. The molecule has 21 heavy (non-hydrogen) atoms. The second kappa shape index (κ2) is 5.84. The minimum Gasteiger partial charge on any atom is -0.342 e. The van der Waals surface area contributed by atoms with Crippen molar-refractivity contribution in [2.24, 2.45) is 10.9 Å². The fourth-order valence-electron chi connectivity index (χ4n) is 2.86. The highest BCUT2D eigenvalue weighted by atomic mass is 19.1. The van der Waals surface area contributed by atoms with Gasteiger partial charge >= 0.3 is 0 Å². The van der Waals surface area contributed by atoms with Crippen LogP contribution in [0.15, 0.2) is 29.3 Å². The van der Waals surface area contributed by atoms with E-state index < -0.39 is 0 Å². The summed E-state index contributed by atoms with van der Waals surface area (Å²) in [7, 11) is 0. The number of hydrogen-bond donors (Lipinski definition) is 0. The van der Waals surface area contributed by atoms with Crippen LogP contribution in [0.4, 0.5) is 4.39 Å². The summed E-state index contributed by atoms with van der Waals surface area (Å²) in [5, 5.41) is 0. The molecule has 0 aromatic heterocycles. The van der Waals surface area contributed by atoms with Gasteiger partial charge in [-0.15, -0.1) is 0 Å². The van der Waals surface area contributed by atoms with Crippen LogP contribution in [0.3, 0.4) is 0 Å². The molecule has 1 fully saturated rings. The smallest absolute Gasteiger partial charge is 0.260 e. The lowest BCUT2D eigenvalue weighted by atomic mass is 9.99. The van der Waals surface area contributed by atoms with Crippen LogP contribution in [0, 0.1) is 11.7 Å². The van der Waals surface area contributed by atoms with Gasteiger partial charge in [0.1, 0.15) is 5.82 Å². The molecule has 0 radical (unpaired) electrons. The molecule has 5 heteroatoms. The predicted molar refractivity (Wildman–Crippen MR) is 79.7 cm³/mol. The van der Waals surface area contributed by atoms with Crippen molar-refractivity contribution in [2.45, 2.75) is 19.8 Å². The molecule has 2 heterocycles. The van der Waals surface area contributed by atoms with E-state index in [1.165, 1.54) is 24.3 Å². The van der Waals surface area contributed by atoms with Gasteiger partial charge in [-0.1, -0.05) is 6.92 Å². The Morgan fingerprint density at radius 2 is 1.86 bits per heavy atom. The Kier molecular flexibility index (Phi) is 3.90. The van der Waals surface area contributed by atoms with E-state index in [2.05, 4.69) is 16.8 Å². The summed E-state index contributed by atoms with van der Waals surface area (Å²) in [6, 6.07) is 5.71. The zero-order valence-corrected chi connectivity index (χ0v) is 12.3. The number of carbonyl (C=O) groups excluding carboxylic acids is 1. The lowest BCUT2D eigenvalue weighted by molar-refractivity contribution is 0.0839. The third-order valence-corrected chi connectivity index (χ3v) is 4.22. The number of benzene rings is 1. The Labute approximate surface area is 124 Å². The predicted octanol–water partition coefficient (Wildman–Crippen LogP) is 2.37. The van der Waals surface area contributed by atoms with E-state index >= 15 is 0 Å². The minimum atomic E-state index is -0.327. The van der Waals surface area contributed by atoms with Gasteiger partial charge in [0.2, 0.25) is 5.96 Å². The molecule has 1 amide bonds. The van der Waals surface area contributed by atoms with Crippen molar-refractivity contribution in [3.8, 4) is 0 Å². The number of piperidine rings is 1. The lowest BCUT2D eigenvalue weighted by Gasteiger charge is -2.34. The molecule has 0 N–H and O–H groups in total. The first-order valence-corrected chi connectivity index (χ1v) is 7.52. The molecule has 0 aliphatic carbocycles. The Balaban J connectivity index is 1.74. The lowest BCUT2D eigenvalue weighted by Crippen LogP contribution is -2.47. The van der Waals surface area contributed by atoms with Gasteiger partial charge in [-0.05, 0) is 43.0 Å². The number of amides is 1. The Morgan fingerprint density at radius 1 is 1.19 bits per heavy atom. The van der Waals surface area contributed by atoms with Crippen molar-refractivity contribution < 1.29 is 9.18 Å². The number of halogens is 1. The van der Waals surface area contributed by atoms with E-state index in [1.807, 2.05) is 0 Å². The summed E-state index contributed by atoms with van der Waals surface area (Å²) in [5.74, 6) is 1.11. The van der Waals surface area contributed by atoms with Gasteiger partial charge in [-0.2, -0.15) is 0 Å². The van der Waals surface area contributed by atoms with Crippen LogP contribution < -0.4 is 0 Å². The molecular formula is C16H20FN3O. The molecule has 2 aliphatic heterocycles. The summed E-state index contributed by atoms with van der Waals surface area (Å²) in [4.78, 5) is 21.0. The van der Waals surface area contributed by atoms with Crippen LogP contribution in [0.2, 0.25) is 0 Å². The standard InChI is InChI=1S/C16H20FN3O/c1-12-6-9-19(10-7-12)16-18-8-11-20(16)15(21)13-2-4-14(17)5-3-13/h2-5,12H,6-11H2,1H3. The van der Waals surface area contributed by atoms with Crippen LogP contribution in [0.25, 0.3) is 0 Å². The van der Waals surface area contributed by atoms with Crippen molar-refractivity contribution >= 4 is 11.9 Å². The minimum absolute atomic E-state index is 0.0927. The molecule has 0 saturated carbocycles. The topological polar surface area (TPSA) is 35.9 Å². The first-order chi connectivity index (χ1) is 10.1. The van der Waals surface area contributed by atoms with Crippen LogP contribution in [0.1, 0.15) is 30.1 Å². The monoisotopic (exact) mass is 289 g/mol. The van der Waals surface area contributed by atoms with Gasteiger partial charge in [0.15, 0.2) is 0 Å². The number of rotatable bonds is 1. The van der Waals surface area contributed by atoms with Crippen molar-refractivity contribution in [2.75, 3.05) is 26.2 Å². The molecule has 0 bridgehead atoms. The van der Waals surface area contributed by atoms with Crippen molar-refractivity contribution in [3.63, 3.8) is 0 Å². The highest BCUT2D eigenvalue weighted by Gasteiger charge is 2.30. The third-order valence-electron chi connectivity index (χ3n) is 4.22. The number of hydrogen-bond acceptors (Lipinski definition) is 3. The molecule has 0 unspecified atom stereocenters. The number of nitrogens with zero attached hydrogens (tertiary/aromatic N) is 3. The van der Waals surface area contributed by atoms with Gasteiger partial charge in [-0.3, -0.25) is 14.7 Å². The maximum Gasteiger partial charge on any atom is 0.260 e. The molecule has 3 rings (SSSR count). The van der Waals surface area contributed by atoms with Crippen LogP contribution in [-0.4, -0.2) is 47.8 Å². The van der Waals surface area contributed by atoms with E-state index in [4.69, 9.17) is 0 Å². The molecule has 4 nitrogen and oxygen atoms in total. The first kappa shape index (κ1) is 14.0. The molecule has 112 valence electrons. The van der Waals surface area contributed by atoms with Crippen LogP contribution >= 0.6 is 0 Å². The number of guanidine groups is 1. The number of carbonyl (C=O) groups is 1. The van der Waals surface area contributed by atoms with Crippen molar-refractivity contribution in [3.05, 3.63) is 35.6 Å². The molecule has 0 spiro atoms. The van der Waals surface area contributed by atoms with Gasteiger partial charge in [-0.25, -0.2) is 4.39 Å². The Bertz CT molecular complexity index is 547. The molecule has 0 atom stereocenters. The summed E-state index contributed by atoms with van der Waals surface area (Å²) in [5.41, 5.74) is 0.511. The first-order valence-electron chi connectivity index (χ1n) is 7.52. The average molecular weight is 289 g/mol. The molecule has 1 aromatic carbocycles. The van der Waals surface area contributed by atoms with Crippen LogP contribution in [0.5, 0.6) is 0 Å². The summed E-state index contributed by atoms with van der Waals surface area (Å²) in [6.45, 7) is 5.42. The van der Waals surface area contributed by atoms with E-state index in [0.717, 1.165) is 37.8 Å². The van der Waals surface area contributed by atoms with Crippen molar-refractivity contribution in [1.82, 2.24) is 9.80 Å². The fourth-order valence-corrected chi connectivity index (χ4v) is 2.86. The van der Waals surface area contributed by atoms with Gasteiger partial charge in [0.05, 0.1) is 6.54 Å². The van der Waals surface area contributed by atoms with E-state index in [9.17, 15) is 9.18 Å². The SMILES string of the molecule is CC1CCN(C2=NCCN2C(=O)c2ccc(F)cc2)CC1.